The highest BCUT2D eigenvalue weighted by molar-refractivity contribution is 6.04. The molecule has 5 nitrogen and oxygen atoms in total. The normalized spacial score (nSPS) is 19.6. The number of carbonyl (C=O) groups excluding carboxylic acids is 1. The Morgan fingerprint density at radius 3 is 2.27 bits per heavy atom. The lowest BCUT2D eigenvalue weighted by Gasteiger charge is -2.42. The van der Waals surface area contributed by atoms with Crippen LogP contribution in [0.2, 0.25) is 0 Å². The molecule has 0 heterocycles. The van der Waals surface area contributed by atoms with Crippen molar-refractivity contribution in [2.45, 2.75) is 25.2 Å². The highest BCUT2D eigenvalue weighted by Gasteiger charge is 2.48. The molecular formula is C21H26O5. The third kappa shape index (κ3) is 3.65. The van der Waals surface area contributed by atoms with E-state index >= 15 is 0 Å². The van der Waals surface area contributed by atoms with Gasteiger partial charge in [0.25, 0.3) is 0 Å². The van der Waals surface area contributed by atoms with Crippen molar-refractivity contribution in [2.24, 2.45) is 0 Å². The van der Waals surface area contributed by atoms with E-state index in [-0.39, 0.29) is 5.78 Å². The van der Waals surface area contributed by atoms with Crippen LogP contribution in [0, 0.1) is 0 Å². The van der Waals surface area contributed by atoms with Crippen LogP contribution in [-0.2, 0) is 18.9 Å². The van der Waals surface area contributed by atoms with Crippen molar-refractivity contribution in [3.05, 3.63) is 71.0 Å². The first-order chi connectivity index (χ1) is 12.6. The Bertz CT molecular complexity index is 711. The van der Waals surface area contributed by atoms with Gasteiger partial charge in [0.1, 0.15) is 5.76 Å². The van der Waals surface area contributed by atoms with Crippen molar-refractivity contribution in [3.8, 4) is 0 Å². The van der Waals surface area contributed by atoms with Crippen molar-refractivity contribution in [2.75, 3.05) is 28.4 Å². The Kier molecular flexibility index (Phi) is 6.91. The number of ether oxygens (including phenoxy) is 4. The lowest BCUT2D eigenvalue weighted by Crippen LogP contribution is -2.51. The first-order valence-corrected chi connectivity index (χ1v) is 8.47. The zero-order valence-electron chi connectivity index (χ0n) is 15.9. The fourth-order valence-electron chi connectivity index (χ4n) is 3.24. The van der Waals surface area contributed by atoms with Gasteiger partial charge in [-0.1, -0.05) is 37.3 Å². The molecule has 26 heavy (non-hydrogen) atoms. The molecule has 0 saturated heterocycles. The second-order valence-corrected chi connectivity index (χ2v) is 5.80. The summed E-state index contributed by atoms with van der Waals surface area (Å²) in [4.78, 5) is 12.4. The predicted octanol–water partition coefficient (Wildman–Crippen LogP) is 3.68. The summed E-state index contributed by atoms with van der Waals surface area (Å²) in [5.74, 6) is -0.592. The predicted molar refractivity (Wildman–Crippen MR) is 99.9 cm³/mol. The topological polar surface area (TPSA) is 54.0 Å². The first kappa shape index (κ1) is 20.1. The van der Waals surface area contributed by atoms with E-state index in [2.05, 4.69) is 0 Å². The summed E-state index contributed by atoms with van der Waals surface area (Å²) in [7, 11) is 6.29. The van der Waals surface area contributed by atoms with Gasteiger partial charge in [0.15, 0.2) is 11.9 Å². The Morgan fingerprint density at radius 2 is 1.77 bits per heavy atom. The van der Waals surface area contributed by atoms with E-state index in [1.807, 2.05) is 31.2 Å². The van der Waals surface area contributed by atoms with Crippen molar-refractivity contribution < 1.29 is 23.7 Å². The van der Waals surface area contributed by atoms with Crippen LogP contribution in [-0.4, -0.2) is 46.1 Å². The molecule has 0 aromatic heterocycles. The van der Waals surface area contributed by atoms with Crippen LogP contribution in [0.3, 0.4) is 0 Å². The van der Waals surface area contributed by atoms with Gasteiger partial charge in [-0.05, 0) is 30.2 Å². The summed E-state index contributed by atoms with van der Waals surface area (Å²) in [6.45, 7) is 2.01. The van der Waals surface area contributed by atoms with E-state index in [4.69, 9.17) is 18.9 Å². The second kappa shape index (κ2) is 8.94. The average molecular weight is 358 g/mol. The summed E-state index contributed by atoms with van der Waals surface area (Å²) in [6.07, 6.45) is 5.31. The van der Waals surface area contributed by atoms with Crippen molar-refractivity contribution in [3.63, 3.8) is 0 Å². The van der Waals surface area contributed by atoms with Crippen LogP contribution < -0.4 is 0 Å². The fraction of sp³-hybridized carbons (Fsp3) is 0.381. The molecule has 0 radical (unpaired) electrons. The average Bonchev–Trinajstić information content (AvgIpc) is 2.70. The highest BCUT2D eigenvalue weighted by Crippen LogP contribution is 2.40. The molecular weight excluding hydrogens is 332 g/mol. The number of allylic oxidation sites excluding steroid dienone is 4. The van der Waals surface area contributed by atoms with Crippen LogP contribution in [0.5, 0.6) is 0 Å². The van der Waals surface area contributed by atoms with E-state index in [1.54, 1.807) is 46.6 Å². The zero-order chi connectivity index (χ0) is 19.2. The smallest absolute Gasteiger partial charge is 0.225 e. The van der Waals surface area contributed by atoms with Gasteiger partial charge < -0.3 is 18.9 Å². The van der Waals surface area contributed by atoms with Gasteiger partial charge in [-0.2, -0.15) is 0 Å². The van der Waals surface area contributed by atoms with Gasteiger partial charge in [-0.3, -0.25) is 4.79 Å². The standard InChI is InChI=1S/C21H26O5/c1-6-17-14-16(12-13-18(22)15-10-8-7-9-11-15)19(23-2)20(24-3)21(17,25-4)26-5/h7-14,20H,6H2,1-5H3. The van der Waals surface area contributed by atoms with Crippen LogP contribution in [0.4, 0.5) is 0 Å². The molecule has 1 aliphatic carbocycles. The molecule has 1 aromatic rings. The summed E-state index contributed by atoms with van der Waals surface area (Å²) in [5.41, 5.74) is 2.29. The number of hydrogen-bond donors (Lipinski definition) is 0. The number of rotatable bonds is 8. The van der Waals surface area contributed by atoms with Crippen LogP contribution in [0.1, 0.15) is 23.7 Å². The third-order valence-electron chi connectivity index (χ3n) is 4.56. The Labute approximate surface area is 154 Å². The molecule has 0 spiro atoms. The zero-order valence-corrected chi connectivity index (χ0v) is 15.9. The van der Waals surface area contributed by atoms with Crippen LogP contribution in [0.15, 0.2) is 65.5 Å². The minimum absolute atomic E-state index is 0.0794. The molecule has 0 amide bonds. The number of ketones is 1. The molecule has 1 atom stereocenters. The lowest BCUT2D eigenvalue weighted by atomic mass is 9.87. The molecule has 0 bridgehead atoms. The molecule has 1 aromatic carbocycles. The molecule has 2 rings (SSSR count). The monoisotopic (exact) mass is 358 g/mol. The number of carbonyl (C=O) groups is 1. The van der Waals surface area contributed by atoms with Gasteiger partial charge in [0.2, 0.25) is 5.79 Å². The second-order valence-electron chi connectivity index (χ2n) is 5.80. The lowest BCUT2D eigenvalue weighted by molar-refractivity contribution is -0.239. The van der Waals surface area contributed by atoms with Gasteiger partial charge >= 0.3 is 0 Å². The Balaban J connectivity index is 2.45. The number of hydrogen-bond acceptors (Lipinski definition) is 5. The quantitative estimate of drug-likeness (QED) is 0.403. The van der Waals surface area contributed by atoms with E-state index in [0.29, 0.717) is 17.7 Å². The largest absolute Gasteiger partial charge is 0.497 e. The molecule has 0 aliphatic heterocycles. The fourth-order valence-corrected chi connectivity index (χ4v) is 3.24. The minimum atomic E-state index is -1.06. The summed E-state index contributed by atoms with van der Waals surface area (Å²) in [5, 5.41) is 0. The third-order valence-corrected chi connectivity index (χ3v) is 4.56. The van der Waals surface area contributed by atoms with Crippen molar-refractivity contribution >= 4 is 5.78 Å². The maximum atomic E-state index is 12.4. The minimum Gasteiger partial charge on any atom is -0.497 e. The number of methoxy groups -OCH3 is 4. The molecule has 1 unspecified atom stereocenters. The van der Waals surface area contributed by atoms with E-state index in [0.717, 1.165) is 11.1 Å². The van der Waals surface area contributed by atoms with Crippen molar-refractivity contribution in [1.29, 1.82) is 0 Å². The van der Waals surface area contributed by atoms with E-state index in [9.17, 15) is 4.79 Å². The van der Waals surface area contributed by atoms with Gasteiger partial charge in [0.05, 0.1) is 7.11 Å². The molecule has 0 N–H and O–H groups in total. The summed E-state index contributed by atoms with van der Waals surface area (Å²) >= 11 is 0. The maximum Gasteiger partial charge on any atom is 0.225 e. The maximum absolute atomic E-state index is 12.4. The first-order valence-electron chi connectivity index (χ1n) is 8.47. The summed E-state index contributed by atoms with van der Waals surface area (Å²) < 4.78 is 22.6. The van der Waals surface area contributed by atoms with E-state index < -0.39 is 11.9 Å². The highest BCUT2D eigenvalue weighted by atomic mass is 16.7. The van der Waals surface area contributed by atoms with Crippen molar-refractivity contribution in [1.82, 2.24) is 0 Å². The van der Waals surface area contributed by atoms with Crippen LogP contribution in [0.25, 0.3) is 0 Å². The number of benzene rings is 1. The molecule has 140 valence electrons. The van der Waals surface area contributed by atoms with E-state index in [1.165, 1.54) is 6.08 Å². The Morgan fingerprint density at radius 1 is 1.12 bits per heavy atom. The molecule has 1 aliphatic rings. The molecule has 0 saturated carbocycles. The van der Waals surface area contributed by atoms with Crippen LogP contribution >= 0.6 is 0 Å². The summed E-state index contributed by atoms with van der Waals surface area (Å²) in [6, 6.07) is 9.12. The molecule has 0 fully saturated rings. The molecule has 5 heteroatoms. The van der Waals surface area contributed by atoms with Gasteiger partial charge in [0, 0.05) is 32.5 Å². The van der Waals surface area contributed by atoms with Gasteiger partial charge in [-0.25, -0.2) is 0 Å². The Hall–Kier alpha value is -2.21. The SMILES string of the molecule is CCC1=CC(C=CC(=O)c2ccccc2)=C(OC)C(OC)C1(OC)OC. The van der Waals surface area contributed by atoms with Gasteiger partial charge in [-0.15, -0.1) is 0 Å².